The van der Waals surface area contributed by atoms with Crippen LogP contribution in [0, 0.1) is 5.82 Å². The molecular formula is C12H16FN3O. The van der Waals surface area contributed by atoms with Gasteiger partial charge in [-0.1, -0.05) is 0 Å². The van der Waals surface area contributed by atoms with Gasteiger partial charge in [0.25, 0.3) is 0 Å². The van der Waals surface area contributed by atoms with Gasteiger partial charge in [0.1, 0.15) is 18.2 Å². The summed E-state index contributed by atoms with van der Waals surface area (Å²) in [6.45, 7) is 1.44. The zero-order chi connectivity index (χ0) is 12.4. The summed E-state index contributed by atoms with van der Waals surface area (Å²) in [7, 11) is 3.97. The first-order valence-electron chi connectivity index (χ1n) is 5.52. The van der Waals surface area contributed by atoms with Crippen LogP contribution in [-0.2, 0) is 13.2 Å². The Balaban J connectivity index is 2.43. The number of fused-ring (bicyclic) bond motifs is 1. The topological polar surface area (TPSA) is 41.3 Å². The van der Waals surface area contributed by atoms with Crippen molar-refractivity contribution in [1.29, 1.82) is 0 Å². The summed E-state index contributed by atoms with van der Waals surface area (Å²) in [5.41, 5.74) is 1.45. The number of imidazole rings is 1. The number of aliphatic hydroxyl groups excluding tert-OH is 1. The molecule has 0 radical (unpaired) electrons. The Morgan fingerprint density at radius 3 is 2.82 bits per heavy atom. The van der Waals surface area contributed by atoms with Crippen LogP contribution in [-0.4, -0.2) is 40.2 Å². The maximum Gasteiger partial charge on any atom is 0.135 e. The van der Waals surface area contributed by atoms with E-state index < -0.39 is 0 Å². The summed E-state index contributed by atoms with van der Waals surface area (Å²) in [5, 5.41) is 9.26. The molecule has 1 aromatic heterocycles. The lowest BCUT2D eigenvalue weighted by Crippen LogP contribution is -2.19. The third kappa shape index (κ3) is 2.45. The molecule has 0 aliphatic heterocycles. The number of likely N-dealkylation sites (N-methyl/N-ethyl adjacent to an activating group) is 1. The fourth-order valence-electron chi connectivity index (χ4n) is 1.82. The van der Waals surface area contributed by atoms with Crippen molar-refractivity contribution >= 4 is 11.0 Å². The molecule has 0 saturated heterocycles. The van der Waals surface area contributed by atoms with E-state index >= 15 is 0 Å². The molecule has 0 amide bonds. The zero-order valence-corrected chi connectivity index (χ0v) is 10.0. The molecule has 1 N–H and O–H groups in total. The molecule has 0 saturated carbocycles. The zero-order valence-electron chi connectivity index (χ0n) is 10.0. The molecule has 17 heavy (non-hydrogen) atoms. The normalized spacial score (nSPS) is 11.6. The Morgan fingerprint density at radius 2 is 2.18 bits per heavy atom. The second-order valence-electron chi connectivity index (χ2n) is 4.27. The summed E-state index contributed by atoms with van der Waals surface area (Å²) in [6.07, 6.45) is 0. The maximum absolute atomic E-state index is 13.1. The maximum atomic E-state index is 13.1. The van der Waals surface area contributed by atoms with Crippen LogP contribution in [0.3, 0.4) is 0 Å². The number of nitrogens with zero attached hydrogens (tertiary/aromatic N) is 3. The highest BCUT2D eigenvalue weighted by molar-refractivity contribution is 5.76. The Bertz CT molecular complexity index is 522. The molecule has 0 atom stereocenters. The van der Waals surface area contributed by atoms with E-state index in [0.29, 0.717) is 11.3 Å². The molecule has 0 aliphatic carbocycles. The van der Waals surface area contributed by atoms with Crippen LogP contribution in [0.4, 0.5) is 4.39 Å². The van der Waals surface area contributed by atoms with Crippen molar-refractivity contribution < 1.29 is 9.50 Å². The molecule has 0 fully saturated rings. The predicted octanol–water partition coefficient (Wildman–Crippen LogP) is 1.23. The minimum absolute atomic E-state index is 0.135. The van der Waals surface area contributed by atoms with Crippen molar-refractivity contribution in [3.8, 4) is 0 Å². The second-order valence-corrected chi connectivity index (χ2v) is 4.27. The fourth-order valence-corrected chi connectivity index (χ4v) is 1.82. The van der Waals surface area contributed by atoms with Crippen LogP contribution in [0.25, 0.3) is 11.0 Å². The van der Waals surface area contributed by atoms with Crippen LogP contribution >= 0.6 is 0 Å². The molecule has 0 spiro atoms. The second kappa shape index (κ2) is 4.81. The van der Waals surface area contributed by atoms with E-state index in [0.717, 1.165) is 18.6 Å². The summed E-state index contributed by atoms with van der Waals surface area (Å²) in [4.78, 5) is 6.28. The third-order valence-electron chi connectivity index (χ3n) is 2.70. The number of halogens is 1. The van der Waals surface area contributed by atoms with Gasteiger partial charge < -0.3 is 14.6 Å². The highest BCUT2D eigenvalue weighted by Crippen LogP contribution is 2.17. The minimum Gasteiger partial charge on any atom is -0.388 e. The average Bonchev–Trinajstić information content (AvgIpc) is 2.63. The van der Waals surface area contributed by atoms with Crippen LogP contribution in [0.5, 0.6) is 0 Å². The molecular weight excluding hydrogens is 221 g/mol. The number of rotatable bonds is 4. The molecule has 5 heteroatoms. The van der Waals surface area contributed by atoms with Crippen molar-refractivity contribution in [1.82, 2.24) is 14.5 Å². The van der Waals surface area contributed by atoms with E-state index in [1.807, 2.05) is 18.7 Å². The minimum atomic E-state index is -0.306. The SMILES string of the molecule is CN(C)CCn1c(CO)nc2cc(F)ccc21. The summed E-state index contributed by atoms with van der Waals surface area (Å²) in [5.74, 6) is 0.270. The van der Waals surface area contributed by atoms with Crippen molar-refractivity contribution in [3.63, 3.8) is 0 Å². The van der Waals surface area contributed by atoms with Crippen molar-refractivity contribution in [2.75, 3.05) is 20.6 Å². The van der Waals surface area contributed by atoms with Gasteiger partial charge in [0.2, 0.25) is 0 Å². The quantitative estimate of drug-likeness (QED) is 0.869. The molecule has 2 rings (SSSR count). The van der Waals surface area contributed by atoms with Crippen molar-refractivity contribution in [2.24, 2.45) is 0 Å². The lowest BCUT2D eigenvalue weighted by Gasteiger charge is -2.12. The van der Waals surface area contributed by atoms with E-state index in [1.54, 1.807) is 6.07 Å². The number of aliphatic hydroxyl groups is 1. The first-order valence-corrected chi connectivity index (χ1v) is 5.52. The van der Waals surface area contributed by atoms with Crippen molar-refractivity contribution in [3.05, 3.63) is 29.8 Å². The van der Waals surface area contributed by atoms with E-state index in [9.17, 15) is 9.50 Å². The lowest BCUT2D eigenvalue weighted by atomic mass is 10.3. The Morgan fingerprint density at radius 1 is 1.41 bits per heavy atom. The fraction of sp³-hybridized carbons (Fsp3) is 0.417. The van der Waals surface area contributed by atoms with Gasteiger partial charge in [0.05, 0.1) is 11.0 Å². The monoisotopic (exact) mass is 237 g/mol. The molecule has 92 valence electrons. The van der Waals surface area contributed by atoms with Crippen LogP contribution < -0.4 is 0 Å². The highest BCUT2D eigenvalue weighted by Gasteiger charge is 2.10. The standard InChI is InChI=1S/C12H16FN3O/c1-15(2)5-6-16-11-4-3-9(13)7-10(11)14-12(16)8-17/h3-4,7,17H,5-6,8H2,1-2H3. The molecule has 1 aromatic carbocycles. The molecule has 0 aliphatic rings. The summed E-state index contributed by atoms with van der Waals surface area (Å²) < 4.78 is 15.0. The number of hydrogen-bond donors (Lipinski definition) is 1. The summed E-state index contributed by atoms with van der Waals surface area (Å²) in [6, 6.07) is 4.50. The number of benzene rings is 1. The average molecular weight is 237 g/mol. The lowest BCUT2D eigenvalue weighted by molar-refractivity contribution is 0.263. The van der Waals surface area contributed by atoms with Gasteiger partial charge in [-0.05, 0) is 26.2 Å². The van der Waals surface area contributed by atoms with Gasteiger partial charge in [0.15, 0.2) is 0 Å². The third-order valence-corrected chi connectivity index (χ3v) is 2.70. The van der Waals surface area contributed by atoms with Crippen LogP contribution in [0.1, 0.15) is 5.82 Å². The molecule has 0 unspecified atom stereocenters. The van der Waals surface area contributed by atoms with Gasteiger partial charge in [-0.2, -0.15) is 0 Å². The van der Waals surface area contributed by atoms with Gasteiger partial charge in [-0.3, -0.25) is 0 Å². The Labute approximate surface area is 99.3 Å². The predicted molar refractivity (Wildman–Crippen MR) is 64.2 cm³/mol. The van der Waals surface area contributed by atoms with Gasteiger partial charge in [0, 0.05) is 19.2 Å². The van der Waals surface area contributed by atoms with Gasteiger partial charge in [-0.15, -0.1) is 0 Å². The number of hydrogen-bond acceptors (Lipinski definition) is 3. The van der Waals surface area contributed by atoms with Gasteiger partial charge >= 0.3 is 0 Å². The van der Waals surface area contributed by atoms with Crippen LogP contribution in [0.15, 0.2) is 18.2 Å². The van der Waals surface area contributed by atoms with E-state index in [2.05, 4.69) is 9.88 Å². The first kappa shape index (κ1) is 12.0. The highest BCUT2D eigenvalue weighted by atomic mass is 19.1. The first-order chi connectivity index (χ1) is 8.11. The molecule has 4 nitrogen and oxygen atoms in total. The molecule has 2 aromatic rings. The van der Waals surface area contributed by atoms with E-state index in [-0.39, 0.29) is 12.4 Å². The molecule has 1 heterocycles. The Hall–Kier alpha value is -1.46. The van der Waals surface area contributed by atoms with Gasteiger partial charge in [-0.25, -0.2) is 9.37 Å². The smallest absolute Gasteiger partial charge is 0.135 e. The van der Waals surface area contributed by atoms with Crippen molar-refractivity contribution in [2.45, 2.75) is 13.2 Å². The van der Waals surface area contributed by atoms with E-state index in [1.165, 1.54) is 12.1 Å². The van der Waals surface area contributed by atoms with Crippen LogP contribution in [0.2, 0.25) is 0 Å². The Kier molecular flexibility index (Phi) is 3.40. The van der Waals surface area contributed by atoms with E-state index in [4.69, 9.17) is 0 Å². The number of aromatic nitrogens is 2. The molecule has 0 bridgehead atoms. The largest absolute Gasteiger partial charge is 0.388 e. The summed E-state index contributed by atoms with van der Waals surface area (Å²) >= 11 is 0.